The number of nitrogens with zero attached hydrogens (tertiary/aromatic N) is 2. The van der Waals surface area contributed by atoms with Crippen molar-refractivity contribution in [3.63, 3.8) is 0 Å². The van der Waals surface area contributed by atoms with Gasteiger partial charge in [-0.3, -0.25) is 13.9 Å². The Hall–Kier alpha value is -2.69. The molecule has 214 valence electrons. The molecule has 0 unspecified atom stereocenters. The number of amides is 2. The smallest absolute Gasteiger partial charge is 0.244 e. The molecule has 7 nitrogen and oxygen atoms in total. The quantitative estimate of drug-likeness (QED) is 0.228. The van der Waals surface area contributed by atoms with E-state index in [9.17, 15) is 18.0 Å². The zero-order chi connectivity index (χ0) is 29.3. The second kappa shape index (κ2) is 14.8. The Kier molecular flexibility index (Phi) is 11.8. The van der Waals surface area contributed by atoms with Crippen molar-refractivity contribution < 1.29 is 18.0 Å². The third-order valence-electron chi connectivity index (χ3n) is 6.45. The molecular weight excluding hydrogens is 658 g/mol. The second-order valence-corrected chi connectivity index (χ2v) is 13.4. The number of carbonyl (C=O) groups is 2. The molecule has 0 aromatic heterocycles. The molecule has 0 saturated carbocycles. The zero-order valence-electron chi connectivity index (χ0n) is 22.9. The highest BCUT2D eigenvalue weighted by Crippen LogP contribution is 2.25. The Morgan fingerprint density at radius 1 is 0.950 bits per heavy atom. The second-order valence-electron chi connectivity index (χ2n) is 9.70. The maximum absolute atomic E-state index is 14.1. The minimum Gasteiger partial charge on any atom is -0.354 e. The van der Waals surface area contributed by atoms with Crippen LogP contribution < -0.4 is 9.62 Å². The number of halogens is 2. The lowest BCUT2D eigenvalue weighted by molar-refractivity contribution is -0.140. The fourth-order valence-corrected chi connectivity index (χ4v) is 5.82. The van der Waals surface area contributed by atoms with Gasteiger partial charge in [-0.05, 0) is 60.4 Å². The first-order chi connectivity index (χ1) is 19.0. The van der Waals surface area contributed by atoms with Gasteiger partial charge in [0.05, 0.1) is 11.9 Å². The molecule has 0 saturated heterocycles. The molecule has 0 spiro atoms. The minimum absolute atomic E-state index is 0.133. The van der Waals surface area contributed by atoms with Crippen molar-refractivity contribution in [3.8, 4) is 0 Å². The highest BCUT2D eigenvalue weighted by molar-refractivity contribution is 9.10. The van der Waals surface area contributed by atoms with E-state index in [-0.39, 0.29) is 18.9 Å². The summed E-state index contributed by atoms with van der Waals surface area (Å²) in [6.45, 7) is 4.08. The van der Waals surface area contributed by atoms with Crippen molar-refractivity contribution in [1.29, 1.82) is 0 Å². The normalized spacial score (nSPS) is 12.0. The number of aryl methyl sites for hydroxylation is 1. The van der Waals surface area contributed by atoms with Gasteiger partial charge in [0.25, 0.3) is 0 Å². The van der Waals surface area contributed by atoms with Crippen LogP contribution in [-0.4, -0.2) is 50.5 Å². The Morgan fingerprint density at radius 2 is 1.65 bits per heavy atom. The monoisotopic (exact) mass is 691 g/mol. The molecule has 0 aliphatic heterocycles. The Labute approximate surface area is 254 Å². The van der Waals surface area contributed by atoms with Crippen LogP contribution in [0.15, 0.2) is 81.7 Å². The highest BCUT2D eigenvalue weighted by Gasteiger charge is 2.33. The Bertz CT molecular complexity index is 1420. The maximum Gasteiger partial charge on any atom is 0.244 e. The maximum atomic E-state index is 14.1. The predicted molar refractivity (Wildman–Crippen MR) is 168 cm³/mol. The van der Waals surface area contributed by atoms with Crippen LogP contribution in [0.2, 0.25) is 0 Å². The summed E-state index contributed by atoms with van der Waals surface area (Å²) in [5, 5.41) is 2.99. The van der Waals surface area contributed by atoms with E-state index in [1.165, 1.54) is 4.90 Å². The van der Waals surface area contributed by atoms with Gasteiger partial charge in [0.15, 0.2) is 0 Å². The molecule has 10 heteroatoms. The largest absolute Gasteiger partial charge is 0.354 e. The molecule has 0 aliphatic carbocycles. The van der Waals surface area contributed by atoms with Crippen molar-refractivity contribution in [2.45, 2.75) is 45.7 Å². The first kappa shape index (κ1) is 31.8. The number of unbranched alkanes of at least 4 members (excludes halogenated alkanes) is 1. The van der Waals surface area contributed by atoms with Gasteiger partial charge in [0.2, 0.25) is 21.8 Å². The number of rotatable bonds is 13. The molecule has 3 aromatic rings. The van der Waals surface area contributed by atoms with Crippen LogP contribution in [0.25, 0.3) is 0 Å². The SMILES string of the molecule is CCCCNC(=O)[C@@H](Cc1ccccc1)N(Cc1cccc(Br)c1)C(=O)CN(c1ccc(Br)c(C)c1)S(C)(=O)=O. The van der Waals surface area contributed by atoms with Crippen molar-refractivity contribution in [2.24, 2.45) is 0 Å². The summed E-state index contributed by atoms with van der Waals surface area (Å²) in [4.78, 5) is 29.2. The molecule has 1 N–H and O–H groups in total. The number of hydrogen-bond acceptors (Lipinski definition) is 4. The topological polar surface area (TPSA) is 86.8 Å². The molecule has 0 fully saturated rings. The van der Waals surface area contributed by atoms with Crippen LogP contribution in [0, 0.1) is 6.92 Å². The standard InChI is InChI=1S/C30H35Br2N3O4S/c1-4-5-16-33-30(37)28(19-23-10-7-6-8-11-23)34(20-24-12-9-13-25(31)18-24)29(36)21-35(40(3,38)39)26-14-15-27(32)22(2)17-26/h6-15,17-18,28H,4-5,16,19-21H2,1-3H3,(H,33,37)/t28-/m1/s1. The van der Waals surface area contributed by atoms with E-state index in [1.54, 1.807) is 18.2 Å². The summed E-state index contributed by atoms with van der Waals surface area (Å²) in [7, 11) is -3.82. The van der Waals surface area contributed by atoms with Crippen LogP contribution in [0.5, 0.6) is 0 Å². The number of nitrogens with one attached hydrogen (secondary N) is 1. The number of sulfonamides is 1. The molecule has 3 rings (SSSR count). The predicted octanol–water partition coefficient (Wildman–Crippen LogP) is 5.84. The van der Waals surface area contributed by atoms with E-state index in [1.807, 2.05) is 68.4 Å². The summed E-state index contributed by atoms with van der Waals surface area (Å²) >= 11 is 6.93. The van der Waals surface area contributed by atoms with E-state index >= 15 is 0 Å². The molecule has 0 radical (unpaired) electrons. The molecule has 0 aliphatic rings. The highest BCUT2D eigenvalue weighted by atomic mass is 79.9. The molecule has 3 aromatic carbocycles. The number of carbonyl (C=O) groups excluding carboxylic acids is 2. The first-order valence-electron chi connectivity index (χ1n) is 13.1. The van der Waals surface area contributed by atoms with Gasteiger partial charge in [0.1, 0.15) is 12.6 Å². The number of benzene rings is 3. The molecular formula is C30H35Br2N3O4S. The van der Waals surface area contributed by atoms with Crippen LogP contribution >= 0.6 is 31.9 Å². The molecule has 2 amide bonds. The van der Waals surface area contributed by atoms with Crippen molar-refractivity contribution in [3.05, 3.63) is 98.4 Å². The lowest BCUT2D eigenvalue weighted by atomic mass is 10.0. The summed E-state index contributed by atoms with van der Waals surface area (Å²) in [6, 6.07) is 21.3. The summed E-state index contributed by atoms with van der Waals surface area (Å²) in [6.07, 6.45) is 3.10. The van der Waals surface area contributed by atoms with Crippen LogP contribution in [0.1, 0.15) is 36.5 Å². The Morgan fingerprint density at radius 3 is 2.27 bits per heavy atom. The summed E-state index contributed by atoms with van der Waals surface area (Å²) in [5.41, 5.74) is 2.93. The van der Waals surface area contributed by atoms with Crippen molar-refractivity contribution in [1.82, 2.24) is 10.2 Å². The molecule has 0 bridgehead atoms. The fourth-order valence-electron chi connectivity index (χ4n) is 4.29. The van der Waals surface area contributed by atoms with Crippen LogP contribution in [-0.2, 0) is 32.6 Å². The Balaban J connectivity index is 2.04. The average Bonchev–Trinajstić information content (AvgIpc) is 2.91. The van der Waals surface area contributed by atoms with Crippen molar-refractivity contribution >= 4 is 59.4 Å². The molecule has 40 heavy (non-hydrogen) atoms. The van der Waals surface area contributed by atoms with Gasteiger partial charge in [-0.25, -0.2) is 8.42 Å². The van der Waals surface area contributed by atoms with Gasteiger partial charge in [0, 0.05) is 28.5 Å². The average molecular weight is 694 g/mol. The molecule has 0 heterocycles. The lowest BCUT2D eigenvalue weighted by Gasteiger charge is -2.33. The third kappa shape index (κ3) is 9.17. The first-order valence-corrected chi connectivity index (χ1v) is 16.5. The van der Waals surface area contributed by atoms with E-state index in [0.717, 1.165) is 49.0 Å². The van der Waals surface area contributed by atoms with Crippen LogP contribution in [0.4, 0.5) is 5.69 Å². The third-order valence-corrected chi connectivity index (χ3v) is 8.97. The van der Waals surface area contributed by atoms with Gasteiger partial charge >= 0.3 is 0 Å². The zero-order valence-corrected chi connectivity index (χ0v) is 26.9. The summed E-state index contributed by atoms with van der Waals surface area (Å²) < 4.78 is 28.6. The van der Waals surface area contributed by atoms with Gasteiger partial charge in [-0.1, -0.05) is 87.7 Å². The van der Waals surface area contributed by atoms with E-state index in [0.29, 0.717) is 12.2 Å². The number of anilines is 1. The van der Waals surface area contributed by atoms with E-state index in [2.05, 4.69) is 37.2 Å². The van der Waals surface area contributed by atoms with Gasteiger partial charge in [-0.15, -0.1) is 0 Å². The van der Waals surface area contributed by atoms with E-state index in [4.69, 9.17) is 0 Å². The van der Waals surface area contributed by atoms with Crippen molar-refractivity contribution in [2.75, 3.05) is 23.7 Å². The van der Waals surface area contributed by atoms with Gasteiger partial charge in [-0.2, -0.15) is 0 Å². The summed E-state index contributed by atoms with van der Waals surface area (Å²) in [5.74, 6) is -0.747. The minimum atomic E-state index is -3.82. The lowest BCUT2D eigenvalue weighted by Crippen LogP contribution is -2.53. The van der Waals surface area contributed by atoms with Gasteiger partial charge < -0.3 is 10.2 Å². The van der Waals surface area contributed by atoms with Crippen LogP contribution in [0.3, 0.4) is 0 Å². The molecule has 1 atom stereocenters. The fraction of sp³-hybridized carbons (Fsp3) is 0.333. The van der Waals surface area contributed by atoms with E-state index < -0.39 is 28.5 Å². The number of hydrogen-bond donors (Lipinski definition) is 1.